The summed E-state index contributed by atoms with van der Waals surface area (Å²) < 4.78 is 5.41. The lowest BCUT2D eigenvalue weighted by atomic mass is 9.87. The normalized spacial score (nSPS) is 12.9. The number of hydrogen-bond acceptors (Lipinski definition) is 3. The lowest BCUT2D eigenvalue weighted by molar-refractivity contribution is -0.119. The number of carbonyl (C=O) groups excluding carboxylic acids is 1. The van der Waals surface area contributed by atoms with Crippen molar-refractivity contribution in [2.45, 2.75) is 40.7 Å². The number of carbonyl (C=O) groups is 1. The van der Waals surface area contributed by atoms with E-state index in [0.29, 0.717) is 6.61 Å². The Bertz CT molecular complexity index is 450. The highest BCUT2D eigenvalue weighted by Gasteiger charge is 2.27. The number of nitrogens with one attached hydrogen (secondary N) is 1. The van der Waals surface area contributed by atoms with Gasteiger partial charge in [0.1, 0.15) is 5.75 Å². The number of hydrogen-bond donors (Lipinski definition) is 2. The van der Waals surface area contributed by atoms with E-state index in [2.05, 4.69) is 5.32 Å². The molecular formula is C15H24N2O2. The maximum absolute atomic E-state index is 12.1. The SMILES string of the molecule is CCOc1ccc(NC(=O)[C@@H](N)C(C)(C)C)c(C)c1. The number of anilines is 1. The van der Waals surface area contributed by atoms with Gasteiger partial charge in [0, 0.05) is 5.69 Å². The summed E-state index contributed by atoms with van der Waals surface area (Å²) in [6.45, 7) is 10.3. The molecule has 0 spiro atoms. The molecule has 4 heteroatoms. The monoisotopic (exact) mass is 264 g/mol. The Balaban J connectivity index is 2.80. The molecule has 1 amide bonds. The third-order valence-corrected chi connectivity index (χ3v) is 2.98. The van der Waals surface area contributed by atoms with Crippen molar-refractivity contribution in [2.24, 2.45) is 11.1 Å². The van der Waals surface area contributed by atoms with Gasteiger partial charge in [0.2, 0.25) is 5.91 Å². The smallest absolute Gasteiger partial charge is 0.241 e. The molecule has 0 bridgehead atoms. The lowest BCUT2D eigenvalue weighted by Gasteiger charge is -2.26. The van der Waals surface area contributed by atoms with E-state index >= 15 is 0 Å². The second-order valence-electron chi connectivity index (χ2n) is 5.74. The molecular weight excluding hydrogens is 240 g/mol. The Kier molecular flexibility index (Phi) is 4.95. The maximum atomic E-state index is 12.1. The van der Waals surface area contributed by atoms with Gasteiger partial charge in [0.05, 0.1) is 12.6 Å². The van der Waals surface area contributed by atoms with Gasteiger partial charge in [0.15, 0.2) is 0 Å². The van der Waals surface area contributed by atoms with Gasteiger partial charge in [-0.15, -0.1) is 0 Å². The van der Waals surface area contributed by atoms with Crippen molar-refractivity contribution in [3.05, 3.63) is 23.8 Å². The summed E-state index contributed by atoms with van der Waals surface area (Å²) >= 11 is 0. The molecule has 0 saturated carbocycles. The van der Waals surface area contributed by atoms with Crippen molar-refractivity contribution < 1.29 is 9.53 Å². The highest BCUT2D eigenvalue weighted by atomic mass is 16.5. The third-order valence-electron chi connectivity index (χ3n) is 2.98. The van der Waals surface area contributed by atoms with E-state index in [-0.39, 0.29) is 11.3 Å². The molecule has 0 unspecified atom stereocenters. The second-order valence-corrected chi connectivity index (χ2v) is 5.74. The third kappa shape index (κ3) is 4.24. The average Bonchev–Trinajstić information content (AvgIpc) is 2.30. The zero-order valence-electron chi connectivity index (χ0n) is 12.4. The van der Waals surface area contributed by atoms with E-state index < -0.39 is 6.04 Å². The van der Waals surface area contributed by atoms with E-state index in [1.807, 2.05) is 52.8 Å². The van der Waals surface area contributed by atoms with Gasteiger partial charge in [-0.2, -0.15) is 0 Å². The molecule has 0 aliphatic rings. The first kappa shape index (κ1) is 15.5. The number of ether oxygens (including phenoxy) is 1. The van der Waals surface area contributed by atoms with Crippen LogP contribution in [0.1, 0.15) is 33.3 Å². The first-order chi connectivity index (χ1) is 8.75. The quantitative estimate of drug-likeness (QED) is 0.878. The van der Waals surface area contributed by atoms with Crippen molar-refractivity contribution >= 4 is 11.6 Å². The van der Waals surface area contributed by atoms with Crippen LogP contribution in [0.4, 0.5) is 5.69 Å². The predicted octanol–water partition coefficient (Wildman–Crippen LogP) is 2.71. The Morgan fingerprint density at radius 1 is 1.42 bits per heavy atom. The highest BCUT2D eigenvalue weighted by molar-refractivity contribution is 5.95. The molecule has 0 radical (unpaired) electrons. The molecule has 0 aromatic heterocycles. The summed E-state index contributed by atoms with van der Waals surface area (Å²) in [7, 11) is 0. The minimum absolute atomic E-state index is 0.167. The second kappa shape index (κ2) is 6.06. The van der Waals surface area contributed by atoms with Crippen LogP contribution in [0.25, 0.3) is 0 Å². The number of rotatable bonds is 4. The van der Waals surface area contributed by atoms with Gasteiger partial charge in [-0.1, -0.05) is 20.8 Å². The molecule has 0 aliphatic carbocycles. The van der Waals surface area contributed by atoms with Crippen LogP contribution in [-0.2, 0) is 4.79 Å². The molecule has 1 atom stereocenters. The zero-order chi connectivity index (χ0) is 14.6. The summed E-state index contributed by atoms with van der Waals surface area (Å²) in [4.78, 5) is 12.1. The predicted molar refractivity (Wildman–Crippen MR) is 78.4 cm³/mol. The van der Waals surface area contributed by atoms with Crippen molar-refractivity contribution in [1.29, 1.82) is 0 Å². The summed E-state index contributed by atoms with van der Waals surface area (Å²) in [6.07, 6.45) is 0. The minimum atomic E-state index is -0.543. The largest absolute Gasteiger partial charge is 0.494 e. The van der Waals surface area contributed by atoms with Crippen LogP contribution < -0.4 is 15.8 Å². The van der Waals surface area contributed by atoms with Crippen LogP contribution in [0, 0.1) is 12.3 Å². The molecule has 0 fully saturated rings. The number of benzene rings is 1. The van der Waals surface area contributed by atoms with Crippen LogP contribution in [0.5, 0.6) is 5.75 Å². The molecule has 4 nitrogen and oxygen atoms in total. The zero-order valence-corrected chi connectivity index (χ0v) is 12.4. The lowest BCUT2D eigenvalue weighted by Crippen LogP contribution is -2.45. The molecule has 1 aromatic rings. The summed E-state index contributed by atoms with van der Waals surface area (Å²) in [5, 5.41) is 2.87. The summed E-state index contributed by atoms with van der Waals surface area (Å²) in [5.41, 5.74) is 7.40. The first-order valence-electron chi connectivity index (χ1n) is 6.55. The highest BCUT2D eigenvalue weighted by Crippen LogP contribution is 2.23. The van der Waals surface area contributed by atoms with Gasteiger partial charge in [-0.3, -0.25) is 4.79 Å². The van der Waals surface area contributed by atoms with Crippen LogP contribution in [0.3, 0.4) is 0 Å². The molecule has 3 N–H and O–H groups in total. The van der Waals surface area contributed by atoms with Gasteiger partial charge in [-0.05, 0) is 43.0 Å². The van der Waals surface area contributed by atoms with Gasteiger partial charge < -0.3 is 15.8 Å². The molecule has 19 heavy (non-hydrogen) atoms. The molecule has 1 aromatic carbocycles. The Morgan fingerprint density at radius 2 is 2.05 bits per heavy atom. The van der Waals surface area contributed by atoms with Crippen molar-refractivity contribution in [3.63, 3.8) is 0 Å². The van der Waals surface area contributed by atoms with Gasteiger partial charge >= 0.3 is 0 Å². The molecule has 0 saturated heterocycles. The summed E-state index contributed by atoms with van der Waals surface area (Å²) in [5.74, 6) is 0.637. The van der Waals surface area contributed by atoms with E-state index in [1.54, 1.807) is 0 Å². The molecule has 0 aliphatic heterocycles. The van der Waals surface area contributed by atoms with Crippen LogP contribution >= 0.6 is 0 Å². The van der Waals surface area contributed by atoms with Crippen molar-refractivity contribution in [2.75, 3.05) is 11.9 Å². The number of aryl methyl sites for hydroxylation is 1. The fourth-order valence-electron chi connectivity index (χ4n) is 1.64. The molecule has 1 rings (SSSR count). The fourth-order valence-corrected chi connectivity index (χ4v) is 1.64. The Hall–Kier alpha value is -1.55. The van der Waals surface area contributed by atoms with E-state index in [0.717, 1.165) is 17.0 Å². The Morgan fingerprint density at radius 3 is 2.53 bits per heavy atom. The van der Waals surface area contributed by atoms with E-state index in [4.69, 9.17) is 10.5 Å². The van der Waals surface area contributed by atoms with E-state index in [9.17, 15) is 4.79 Å². The topological polar surface area (TPSA) is 64.3 Å². The van der Waals surface area contributed by atoms with Gasteiger partial charge in [-0.25, -0.2) is 0 Å². The van der Waals surface area contributed by atoms with Crippen LogP contribution in [0.2, 0.25) is 0 Å². The number of amides is 1. The van der Waals surface area contributed by atoms with Crippen LogP contribution in [-0.4, -0.2) is 18.6 Å². The van der Waals surface area contributed by atoms with Crippen LogP contribution in [0.15, 0.2) is 18.2 Å². The standard InChI is InChI=1S/C15H24N2O2/c1-6-19-11-7-8-12(10(2)9-11)17-14(18)13(16)15(3,4)5/h7-9,13H,6,16H2,1-5H3,(H,17,18)/t13-/m1/s1. The molecule has 106 valence electrons. The average molecular weight is 264 g/mol. The fraction of sp³-hybridized carbons (Fsp3) is 0.533. The first-order valence-corrected chi connectivity index (χ1v) is 6.55. The molecule has 0 heterocycles. The van der Waals surface area contributed by atoms with Gasteiger partial charge in [0.25, 0.3) is 0 Å². The number of nitrogens with two attached hydrogens (primary N) is 1. The minimum Gasteiger partial charge on any atom is -0.494 e. The van der Waals surface area contributed by atoms with Crippen molar-refractivity contribution in [1.82, 2.24) is 0 Å². The summed E-state index contributed by atoms with van der Waals surface area (Å²) in [6, 6.07) is 5.04. The Labute approximate surface area is 115 Å². The van der Waals surface area contributed by atoms with E-state index in [1.165, 1.54) is 0 Å². The van der Waals surface area contributed by atoms with Crippen molar-refractivity contribution in [3.8, 4) is 5.75 Å². The maximum Gasteiger partial charge on any atom is 0.241 e.